The average molecular weight is 103 g/mol. The molecule has 5 heteroatoms. The molecule has 32 valence electrons. The lowest BCUT2D eigenvalue weighted by atomic mass is 11.4. The van der Waals surface area contributed by atoms with Crippen LogP contribution in [0.5, 0.6) is 0 Å². The summed E-state index contributed by atoms with van der Waals surface area (Å²) in [6.07, 6.45) is 1.48. The Balaban J connectivity index is 2.60. The highest BCUT2D eigenvalue weighted by atomic mass is 32.1. The van der Waals surface area contributed by atoms with Crippen LogP contribution < -0.4 is 4.41 Å². The SMILES string of the molecule is S[NH+]1C=NN=N1. The number of rotatable bonds is 0. The van der Waals surface area contributed by atoms with E-state index in [2.05, 4.69) is 28.4 Å². The van der Waals surface area contributed by atoms with Crippen molar-refractivity contribution in [2.75, 3.05) is 0 Å². The van der Waals surface area contributed by atoms with Gasteiger partial charge in [0, 0.05) is 5.22 Å². The first-order valence-corrected chi connectivity index (χ1v) is 1.84. The number of thiol groups is 1. The van der Waals surface area contributed by atoms with E-state index in [-0.39, 0.29) is 0 Å². The summed E-state index contributed by atoms with van der Waals surface area (Å²) in [7, 11) is 0. The molecule has 0 aromatic carbocycles. The lowest BCUT2D eigenvalue weighted by molar-refractivity contribution is -0.643. The molecular formula is CH3N4S+. The molecule has 0 saturated carbocycles. The number of nitrogens with zero attached hydrogens (tertiary/aromatic N) is 3. The fourth-order valence-corrected chi connectivity index (χ4v) is 0.267. The van der Waals surface area contributed by atoms with Crippen LogP contribution in [0, 0.1) is 0 Å². The van der Waals surface area contributed by atoms with Crippen LogP contribution in [-0.4, -0.2) is 6.34 Å². The molecule has 0 aliphatic carbocycles. The highest BCUT2D eigenvalue weighted by Crippen LogP contribution is 1.70. The lowest BCUT2D eigenvalue weighted by Crippen LogP contribution is -2.95. The van der Waals surface area contributed by atoms with Crippen molar-refractivity contribution in [1.29, 1.82) is 0 Å². The summed E-state index contributed by atoms with van der Waals surface area (Å²) in [6, 6.07) is 0. The van der Waals surface area contributed by atoms with E-state index in [0.717, 1.165) is 0 Å². The first kappa shape index (κ1) is 3.76. The molecule has 0 fully saturated rings. The standard InChI is InChI=1S/CH2N4S/c6-5-1-2-3-4-5/h1,6H/p+1. The first-order chi connectivity index (χ1) is 2.89. The van der Waals surface area contributed by atoms with Gasteiger partial charge in [-0.3, -0.25) is 0 Å². The normalized spacial score (nSPS) is 29.2. The third-order valence-corrected chi connectivity index (χ3v) is 0.577. The Bertz CT molecular complexity index is 83.7. The number of hydrogen-bond donors (Lipinski definition) is 2. The second-order valence-corrected chi connectivity index (χ2v) is 1.25. The van der Waals surface area contributed by atoms with Crippen molar-refractivity contribution < 1.29 is 4.41 Å². The Morgan fingerprint density at radius 3 is 2.67 bits per heavy atom. The molecule has 1 rings (SSSR count). The van der Waals surface area contributed by atoms with Crippen molar-refractivity contribution in [3.63, 3.8) is 0 Å². The van der Waals surface area contributed by atoms with Crippen LogP contribution >= 0.6 is 12.8 Å². The van der Waals surface area contributed by atoms with Gasteiger partial charge in [0.2, 0.25) is 6.34 Å². The molecule has 0 bridgehead atoms. The maximum absolute atomic E-state index is 3.80. The molecule has 1 atom stereocenters. The number of hydrogen-bond acceptors (Lipinski definition) is 4. The van der Waals surface area contributed by atoms with E-state index >= 15 is 0 Å². The largest absolute Gasteiger partial charge is 0.249 e. The van der Waals surface area contributed by atoms with Gasteiger partial charge >= 0.3 is 0 Å². The third-order valence-electron chi connectivity index (χ3n) is 0.372. The van der Waals surface area contributed by atoms with E-state index in [9.17, 15) is 0 Å². The highest BCUT2D eigenvalue weighted by Gasteiger charge is 1.97. The molecule has 4 nitrogen and oxygen atoms in total. The minimum Gasteiger partial charge on any atom is -0.0874 e. The van der Waals surface area contributed by atoms with E-state index in [1.807, 2.05) is 0 Å². The minimum atomic E-state index is 0.565. The van der Waals surface area contributed by atoms with Crippen LogP contribution in [0.4, 0.5) is 0 Å². The number of quaternary nitrogens is 1. The van der Waals surface area contributed by atoms with Crippen LogP contribution in [0.3, 0.4) is 0 Å². The van der Waals surface area contributed by atoms with Crippen molar-refractivity contribution in [1.82, 2.24) is 0 Å². The zero-order chi connectivity index (χ0) is 4.41. The van der Waals surface area contributed by atoms with E-state index < -0.39 is 0 Å². The zero-order valence-corrected chi connectivity index (χ0v) is 3.76. The monoisotopic (exact) mass is 103 g/mol. The van der Waals surface area contributed by atoms with Crippen LogP contribution in [-0.2, 0) is 0 Å². The van der Waals surface area contributed by atoms with Crippen LogP contribution in [0.2, 0.25) is 0 Å². The quantitative estimate of drug-likeness (QED) is 0.371. The second kappa shape index (κ2) is 1.36. The van der Waals surface area contributed by atoms with Gasteiger partial charge in [0.25, 0.3) is 0 Å². The topological polar surface area (TPSA) is 41.5 Å². The summed E-state index contributed by atoms with van der Waals surface area (Å²) in [4.78, 5) is 0. The van der Waals surface area contributed by atoms with E-state index in [1.165, 1.54) is 6.34 Å². The van der Waals surface area contributed by atoms with Crippen molar-refractivity contribution >= 4 is 19.2 Å². The molecular weight excluding hydrogens is 100 g/mol. The Morgan fingerprint density at radius 1 is 1.67 bits per heavy atom. The Hall–Kier alpha value is -0.420. The second-order valence-electron chi connectivity index (χ2n) is 0.792. The molecule has 0 saturated heterocycles. The van der Waals surface area contributed by atoms with Gasteiger partial charge in [-0.2, -0.15) is 0 Å². The Labute approximate surface area is 40.1 Å². The van der Waals surface area contributed by atoms with Gasteiger partial charge in [-0.05, 0) is 0 Å². The Kier molecular flexibility index (Phi) is 0.849. The van der Waals surface area contributed by atoms with Crippen LogP contribution in [0.1, 0.15) is 0 Å². The maximum Gasteiger partial charge on any atom is 0.249 e. The summed E-state index contributed by atoms with van der Waals surface area (Å²) < 4.78 is 0.565. The van der Waals surface area contributed by atoms with Crippen molar-refractivity contribution in [2.45, 2.75) is 0 Å². The summed E-state index contributed by atoms with van der Waals surface area (Å²) >= 11 is 3.80. The van der Waals surface area contributed by atoms with Crippen molar-refractivity contribution in [3.05, 3.63) is 0 Å². The predicted octanol–water partition coefficient (Wildman–Crippen LogP) is -0.960. The van der Waals surface area contributed by atoms with Crippen molar-refractivity contribution in [2.24, 2.45) is 15.5 Å². The van der Waals surface area contributed by atoms with E-state index in [0.29, 0.717) is 4.41 Å². The predicted molar refractivity (Wildman–Crippen MR) is 23.3 cm³/mol. The fourth-order valence-electron chi connectivity index (χ4n) is 0.175. The molecule has 0 spiro atoms. The molecule has 0 radical (unpaired) electrons. The molecule has 1 unspecified atom stereocenters. The summed E-state index contributed by atoms with van der Waals surface area (Å²) in [5, 5.41) is 10.0. The molecule has 0 amide bonds. The van der Waals surface area contributed by atoms with Gasteiger partial charge < -0.3 is 0 Å². The fraction of sp³-hybridized carbons (Fsp3) is 0. The molecule has 0 aromatic rings. The summed E-state index contributed by atoms with van der Waals surface area (Å²) in [5.41, 5.74) is 0. The third kappa shape index (κ3) is 0.550. The van der Waals surface area contributed by atoms with Crippen LogP contribution in [0.15, 0.2) is 15.5 Å². The Morgan fingerprint density at radius 2 is 2.50 bits per heavy atom. The molecule has 1 N–H and O–H groups in total. The zero-order valence-electron chi connectivity index (χ0n) is 2.87. The lowest BCUT2D eigenvalue weighted by Gasteiger charge is -1.77. The molecule has 1 aliphatic heterocycles. The first-order valence-electron chi connectivity index (χ1n) is 1.39. The molecule has 1 aliphatic rings. The van der Waals surface area contributed by atoms with Gasteiger partial charge in [-0.25, -0.2) is 0 Å². The molecule has 0 aromatic heterocycles. The van der Waals surface area contributed by atoms with Gasteiger partial charge in [-0.1, -0.05) is 9.52 Å². The molecule has 6 heavy (non-hydrogen) atoms. The summed E-state index contributed by atoms with van der Waals surface area (Å²) in [6.45, 7) is 0. The highest BCUT2D eigenvalue weighted by molar-refractivity contribution is 7.73. The average Bonchev–Trinajstić information content (AvgIpc) is 1.86. The minimum absolute atomic E-state index is 0.565. The van der Waals surface area contributed by atoms with Gasteiger partial charge in [0.05, 0.1) is 18.0 Å². The van der Waals surface area contributed by atoms with Gasteiger partial charge in [0.1, 0.15) is 0 Å². The molecule has 1 heterocycles. The summed E-state index contributed by atoms with van der Waals surface area (Å²) in [5.74, 6) is 0. The maximum atomic E-state index is 3.80. The van der Waals surface area contributed by atoms with Crippen molar-refractivity contribution in [3.8, 4) is 0 Å². The van der Waals surface area contributed by atoms with E-state index in [4.69, 9.17) is 0 Å². The van der Waals surface area contributed by atoms with Gasteiger partial charge in [-0.15, -0.1) is 0 Å². The number of nitrogens with one attached hydrogen (secondary N) is 1. The smallest absolute Gasteiger partial charge is 0.0874 e. The van der Waals surface area contributed by atoms with Gasteiger partial charge in [0.15, 0.2) is 0 Å². The van der Waals surface area contributed by atoms with Crippen LogP contribution in [0.25, 0.3) is 0 Å². The van der Waals surface area contributed by atoms with E-state index in [1.54, 1.807) is 0 Å².